The van der Waals surface area contributed by atoms with E-state index in [1.54, 1.807) is 0 Å². The number of amides is 1. The molecule has 0 aliphatic carbocycles. The van der Waals surface area contributed by atoms with Gasteiger partial charge in [-0.25, -0.2) is 0 Å². The number of ether oxygens (including phenoxy) is 1. The average molecular weight is 386 g/mol. The number of benzene rings is 2. The molecule has 0 radical (unpaired) electrons. The molecule has 0 unspecified atom stereocenters. The van der Waals surface area contributed by atoms with E-state index < -0.39 is 0 Å². The Morgan fingerprint density at radius 3 is 2.96 bits per heavy atom. The minimum Gasteiger partial charge on any atom is -0.493 e. The Kier molecular flexibility index (Phi) is 3.81. The number of fused-ring (bicyclic) bond motifs is 2. The minimum absolute atomic E-state index is 0.0678. The molecule has 0 fully saturated rings. The first kappa shape index (κ1) is 15.3. The lowest BCUT2D eigenvalue weighted by Crippen LogP contribution is -2.32. The number of hydrogen-bond acceptors (Lipinski definition) is 3. The van der Waals surface area contributed by atoms with Crippen LogP contribution < -0.4 is 10.1 Å². The van der Waals surface area contributed by atoms with Crippen molar-refractivity contribution in [1.82, 2.24) is 5.32 Å². The number of hydrogen-bond donors (Lipinski definition) is 1. The number of halogens is 1. The third-order valence-corrected chi connectivity index (χ3v) is 4.86. The van der Waals surface area contributed by atoms with Gasteiger partial charge in [0.25, 0.3) is 5.91 Å². The molecule has 0 saturated heterocycles. The molecule has 1 aliphatic heterocycles. The van der Waals surface area contributed by atoms with Gasteiger partial charge in [-0.15, -0.1) is 0 Å². The van der Waals surface area contributed by atoms with Crippen LogP contribution in [-0.4, -0.2) is 12.5 Å². The smallest absolute Gasteiger partial charge is 0.287 e. The second-order valence-corrected chi connectivity index (χ2v) is 6.81. The van der Waals surface area contributed by atoms with E-state index in [0.717, 1.165) is 33.2 Å². The fourth-order valence-corrected chi connectivity index (χ4v) is 3.49. The molecule has 1 atom stereocenters. The number of rotatable bonds is 2. The van der Waals surface area contributed by atoms with Crippen LogP contribution in [0, 0.1) is 6.92 Å². The molecule has 5 heteroatoms. The van der Waals surface area contributed by atoms with Crippen LogP contribution in [0.5, 0.6) is 5.75 Å². The summed E-state index contributed by atoms with van der Waals surface area (Å²) < 4.78 is 12.4. The van der Waals surface area contributed by atoms with E-state index in [1.807, 2.05) is 49.4 Å². The number of nitrogens with one attached hydrogen (secondary N) is 1. The maximum absolute atomic E-state index is 12.7. The summed E-state index contributed by atoms with van der Waals surface area (Å²) in [5, 5.41) is 4.03. The van der Waals surface area contributed by atoms with Gasteiger partial charge in [0, 0.05) is 27.4 Å². The van der Waals surface area contributed by atoms with Crippen LogP contribution in [-0.2, 0) is 0 Å². The lowest BCUT2D eigenvalue weighted by Gasteiger charge is -2.26. The molecule has 1 aliphatic rings. The van der Waals surface area contributed by atoms with Crippen molar-refractivity contribution in [3.05, 3.63) is 63.8 Å². The number of carbonyl (C=O) groups is 1. The zero-order chi connectivity index (χ0) is 16.7. The van der Waals surface area contributed by atoms with Gasteiger partial charge >= 0.3 is 0 Å². The molecule has 4 rings (SSSR count). The fourth-order valence-electron chi connectivity index (χ4n) is 3.13. The molecule has 0 bridgehead atoms. The van der Waals surface area contributed by atoms with Crippen LogP contribution in [0.3, 0.4) is 0 Å². The predicted octanol–water partition coefficient (Wildman–Crippen LogP) is 4.76. The molecule has 0 saturated carbocycles. The SMILES string of the molecule is Cc1c(C(=O)N[C@@H]2CCOc3ccccc32)oc2ccc(Br)cc12. The Bertz CT molecular complexity index is 932. The first-order valence-corrected chi connectivity index (χ1v) is 8.64. The second kappa shape index (κ2) is 5.98. The van der Waals surface area contributed by atoms with E-state index in [4.69, 9.17) is 9.15 Å². The van der Waals surface area contributed by atoms with Crippen LogP contribution in [0.25, 0.3) is 11.0 Å². The van der Waals surface area contributed by atoms with Gasteiger partial charge < -0.3 is 14.5 Å². The summed E-state index contributed by atoms with van der Waals surface area (Å²) in [7, 11) is 0. The molecule has 24 heavy (non-hydrogen) atoms. The second-order valence-electron chi connectivity index (χ2n) is 5.90. The van der Waals surface area contributed by atoms with Crippen LogP contribution in [0.15, 0.2) is 51.4 Å². The normalized spacial score (nSPS) is 16.5. The van der Waals surface area contributed by atoms with Gasteiger partial charge in [0.05, 0.1) is 12.6 Å². The molecule has 1 amide bonds. The quantitative estimate of drug-likeness (QED) is 0.691. The molecule has 2 aromatic carbocycles. The van der Waals surface area contributed by atoms with E-state index in [1.165, 1.54) is 0 Å². The van der Waals surface area contributed by atoms with Crippen LogP contribution in [0.2, 0.25) is 0 Å². The van der Waals surface area contributed by atoms with Crippen LogP contribution in [0.1, 0.15) is 34.1 Å². The molecular formula is C19H16BrNO3. The summed E-state index contributed by atoms with van der Waals surface area (Å²) in [6.45, 7) is 2.50. The molecule has 122 valence electrons. The zero-order valence-corrected chi connectivity index (χ0v) is 14.7. The van der Waals surface area contributed by atoms with Crippen LogP contribution >= 0.6 is 15.9 Å². The maximum Gasteiger partial charge on any atom is 0.287 e. The van der Waals surface area contributed by atoms with Crippen molar-refractivity contribution in [3.63, 3.8) is 0 Å². The zero-order valence-electron chi connectivity index (χ0n) is 13.1. The minimum atomic E-state index is -0.193. The van der Waals surface area contributed by atoms with Gasteiger partial charge in [-0.05, 0) is 31.2 Å². The lowest BCUT2D eigenvalue weighted by molar-refractivity contribution is 0.0898. The van der Waals surface area contributed by atoms with Gasteiger partial charge in [-0.3, -0.25) is 4.79 Å². The highest BCUT2D eigenvalue weighted by Crippen LogP contribution is 2.33. The standard InChI is InChI=1S/C19H16BrNO3/c1-11-14-10-12(20)6-7-17(14)24-18(11)19(22)21-15-8-9-23-16-5-3-2-4-13(15)16/h2-7,10,15H,8-9H2,1H3,(H,21,22)/t15-/m1/s1. The molecule has 1 N–H and O–H groups in total. The predicted molar refractivity (Wildman–Crippen MR) is 95.4 cm³/mol. The van der Waals surface area contributed by atoms with Crippen molar-refractivity contribution in [2.45, 2.75) is 19.4 Å². The summed E-state index contributed by atoms with van der Waals surface area (Å²) in [6, 6.07) is 13.5. The van der Waals surface area contributed by atoms with Gasteiger partial charge in [0.15, 0.2) is 5.76 Å². The summed E-state index contributed by atoms with van der Waals surface area (Å²) in [4.78, 5) is 12.7. The average Bonchev–Trinajstić information content (AvgIpc) is 2.92. The fraction of sp³-hybridized carbons (Fsp3) is 0.211. The topological polar surface area (TPSA) is 51.5 Å². The molecule has 4 nitrogen and oxygen atoms in total. The first-order valence-electron chi connectivity index (χ1n) is 7.85. The van der Waals surface area contributed by atoms with Crippen molar-refractivity contribution >= 4 is 32.8 Å². The van der Waals surface area contributed by atoms with Gasteiger partial charge in [-0.1, -0.05) is 34.1 Å². The van der Waals surface area contributed by atoms with E-state index in [0.29, 0.717) is 18.0 Å². The van der Waals surface area contributed by atoms with Crippen molar-refractivity contribution in [2.75, 3.05) is 6.61 Å². The molecule has 1 aromatic heterocycles. The molecular weight excluding hydrogens is 370 g/mol. The summed E-state index contributed by atoms with van der Waals surface area (Å²) in [5.74, 6) is 1.01. The third-order valence-electron chi connectivity index (χ3n) is 4.37. The summed E-state index contributed by atoms with van der Waals surface area (Å²) in [5.41, 5.74) is 2.57. The third kappa shape index (κ3) is 2.59. The van der Waals surface area contributed by atoms with E-state index in [9.17, 15) is 4.79 Å². The maximum atomic E-state index is 12.7. The van der Waals surface area contributed by atoms with Crippen molar-refractivity contribution in [2.24, 2.45) is 0 Å². The molecule has 0 spiro atoms. The number of para-hydroxylation sites is 1. The molecule has 2 heterocycles. The summed E-state index contributed by atoms with van der Waals surface area (Å²) in [6.07, 6.45) is 0.744. The first-order chi connectivity index (χ1) is 11.6. The lowest BCUT2D eigenvalue weighted by atomic mass is 10.0. The van der Waals surface area contributed by atoms with Crippen LogP contribution in [0.4, 0.5) is 0 Å². The molecule has 3 aromatic rings. The Balaban J connectivity index is 1.65. The van der Waals surface area contributed by atoms with Crippen molar-refractivity contribution in [3.8, 4) is 5.75 Å². The highest BCUT2D eigenvalue weighted by molar-refractivity contribution is 9.10. The number of furan rings is 1. The van der Waals surface area contributed by atoms with Gasteiger partial charge in [0.1, 0.15) is 11.3 Å². The van der Waals surface area contributed by atoms with Gasteiger partial charge in [0.2, 0.25) is 0 Å². The monoisotopic (exact) mass is 385 g/mol. The Morgan fingerprint density at radius 1 is 1.25 bits per heavy atom. The highest BCUT2D eigenvalue weighted by Gasteiger charge is 2.25. The van der Waals surface area contributed by atoms with Crippen molar-refractivity contribution in [1.29, 1.82) is 0 Å². The van der Waals surface area contributed by atoms with Crippen molar-refractivity contribution < 1.29 is 13.9 Å². The highest BCUT2D eigenvalue weighted by atomic mass is 79.9. The Hall–Kier alpha value is -2.27. The summed E-state index contributed by atoms with van der Waals surface area (Å²) >= 11 is 3.45. The van der Waals surface area contributed by atoms with E-state index in [2.05, 4.69) is 21.2 Å². The van der Waals surface area contributed by atoms with E-state index in [-0.39, 0.29) is 11.9 Å². The largest absolute Gasteiger partial charge is 0.493 e. The Morgan fingerprint density at radius 2 is 2.08 bits per heavy atom. The van der Waals surface area contributed by atoms with E-state index >= 15 is 0 Å². The Labute approximate surface area is 147 Å². The number of aryl methyl sites for hydroxylation is 1. The van der Waals surface area contributed by atoms with Gasteiger partial charge in [-0.2, -0.15) is 0 Å². The number of carbonyl (C=O) groups excluding carboxylic acids is 1.